The molecule has 0 aromatic heterocycles. The third-order valence-electron chi connectivity index (χ3n) is 2.40. The van der Waals surface area contributed by atoms with Crippen LogP contribution in [-0.2, 0) is 4.74 Å². The molecule has 1 atom stereocenters. The molecule has 0 radical (unpaired) electrons. The molecule has 0 aromatic carbocycles. The molecule has 0 saturated heterocycles. The van der Waals surface area contributed by atoms with Crippen molar-refractivity contribution in [2.75, 3.05) is 7.11 Å². The van der Waals surface area contributed by atoms with Crippen molar-refractivity contribution in [3.05, 3.63) is 60.6 Å². The first kappa shape index (κ1) is 13.2. The maximum Gasteiger partial charge on any atom is 0.0825 e. The summed E-state index contributed by atoms with van der Waals surface area (Å²) in [6.45, 7) is 5.92. The van der Waals surface area contributed by atoms with Crippen LogP contribution in [0.2, 0.25) is 0 Å². The van der Waals surface area contributed by atoms with E-state index in [9.17, 15) is 0 Å². The van der Waals surface area contributed by atoms with Gasteiger partial charge in [0.2, 0.25) is 0 Å². The molecule has 17 heavy (non-hydrogen) atoms. The average Bonchev–Trinajstić information content (AvgIpc) is 2.35. The van der Waals surface area contributed by atoms with Crippen LogP contribution < -0.4 is 0 Å². The fraction of sp³-hybridized carbons (Fsp3) is 0.267. The molecule has 90 valence electrons. The lowest BCUT2D eigenvalue weighted by atomic mass is 9.99. The van der Waals surface area contributed by atoms with Gasteiger partial charge < -0.3 is 4.74 Å². The first-order chi connectivity index (χ1) is 8.26. The van der Waals surface area contributed by atoms with Crippen molar-refractivity contribution in [1.29, 1.82) is 0 Å². The van der Waals surface area contributed by atoms with Crippen molar-refractivity contribution in [1.82, 2.24) is 0 Å². The highest BCUT2D eigenvalue weighted by Crippen LogP contribution is 2.14. The predicted octanol–water partition coefficient (Wildman–Crippen LogP) is 3.81. The molecule has 0 heterocycles. The van der Waals surface area contributed by atoms with E-state index in [1.54, 1.807) is 25.5 Å². The Morgan fingerprint density at radius 3 is 3.00 bits per heavy atom. The normalized spacial score (nSPS) is 20.9. The van der Waals surface area contributed by atoms with Gasteiger partial charge in [-0.1, -0.05) is 31.7 Å². The molecule has 0 N–H and O–H groups in total. The van der Waals surface area contributed by atoms with Gasteiger partial charge in [0.25, 0.3) is 0 Å². The Morgan fingerprint density at radius 2 is 2.41 bits per heavy atom. The third-order valence-corrected chi connectivity index (χ3v) is 2.40. The van der Waals surface area contributed by atoms with E-state index in [0.717, 1.165) is 17.7 Å². The van der Waals surface area contributed by atoms with Crippen LogP contribution in [0.1, 0.15) is 13.3 Å². The van der Waals surface area contributed by atoms with E-state index in [0.29, 0.717) is 5.92 Å². The second kappa shape index (κ2) is 7.44. The largest absolute Gasteiger partial charge is 0.504 e. The minimum atomic E-state index is 0.631. The Labute approximate surface area is 103 Å². The number of rotatable bonds is 5. The van der Waals surface area contributed by atoms with Crippen molar-refractivity contribution in [2.45, 2.75) is 13.3 Å². The van der Waals surface area contributed by atoms with Gasteiger partial charge in [-0.2, -0.15) is 0 Å². The molecular formula is C15H19NO. The quantitative estimate of drug-likeness (QED) is 0.399. The summed E-state index contributed by atoms with van der Waals surface area (Å²) in [7, 11) is 1.61. The summed E-state index contributed by atoms with van der Waals surface area (Å²) in [6.07, 6.45) is 16.4. The highest BCUT2D eigenvalue weighted by Gasteiger charge is 2.00. The molecule has 0 amide bonds. The number of aliphatic imine (C=N–C) groups is 1. The molecule has 1 rings (SSSR count). The van der Waals surface area contributed by atoms with E-state index in [4.69, 9.17) is 4.74 Å². The van der Waals surface area contributed by atoms with Crippen LogP contribution in [-0.4, -0.2) is 13.3 Å². The van der Waals surface area contributed by atoms with Gasteiger partial charge >= 0.3 is 0 Å². The van der Waals surface area contributed by atoms with Crippen molar-refractivity contribution in [2.24, 2.45) is 10.9 Å². The Hall–Kier alpha value is -1.83. The first-order valence-electron chi connectivity index (χ1n) is 5.70. The number of allylic oxidation sites excluding steroid dienone is 7. The van der Waals surface area contributed by atoms with Gasteiger partial charge in [0.1, 0.15) is 0 Å². The van der Waals surface area contributed by atoms with Gasteiger partial charge in [0.05, 0.1) is 19.1 Å². The number of nitrogens with zero attached hydrogens (tertiary/aromatic N) is 1. The Morgan fingerprint density at radius 1 is 1.59 bits per heavy atom. The van der Waals surface area contributed by atoms with Crippen LogP contribution in [0.4, 0.5) is 0 Å². The lowest BCUT2D eigenvalue weighted by molar-refractivity contribution is 0.338. The van der Waals surface area contributed by atoms with Gasteiger partial charge in [-0.05, 0) is 36.1 Å². The lowest BCUT2D eigenvalue weighted by Gasteiger charge is -2.07. The standard InChI is InChI=1S/C15H19NO/c1-4-15(6-5-11-17-3)16-12-14-9-7-13(2)8-10-14/h4-7,9-13H,1,8H2,2-3H3/b11-5+,15-6+,16-12?. The summed E-state index contributed by atoms with van der Waals surface area (Å²) in [4.78, 5) is 4.35. The van der Waals surface area contributed by atoms with E-state index in [2.05, 4.69) is 36.7 Å². The Bertz CT molecular complexity index is 397. The van der Waals surface area contributed by atoms with E-state index < -0.39 is 0 Å². The highest BCUT2D eigenvalue weighted by molar-refractivity contribution is 5.83. The molecule has 0 bridgehead atoms. The van der Waals surface area contributed by atoms with Crippen molar-refractivity contribution in [3.8, 4) is 0 Å². The predicted molar refractivity (Wildman–Crippen MR) is 73.9 cm³/mol. The van der Waals surface area contributed by atoms with Crippen molar-refractivity contribution >= 4 is 6.21 Å². The lowest BCUT2D eigenvalue weighted by Crippen LogP contribution is -1.95. The fourth-order valence-corrected chi connectivity index (χ4v) is 1.37. The molecule has 2 nitrogen and oxygen atoms in total. The number of methoxy groups -OCH3 is 1. The smallest absolute Gasteiger partial charge is 0.0825 e. The zero-order valence-corrected chi connectivity index (χ0v) is 10.5. The monoisotopic (exact) mass is 229 g/mol. The first-order valence-corrected chi connectivity index (χ1v) is 5.70. The summed E-state index contributed by atoms with van der Waals surface area (Å²) in [5.41, 5.74) is 1.96. The molecule has 1 aliphatic carbocycles. The van der Waals surface area contributed by atoms with E-state index in [-0.39, 0.29) is 0 Å². The topological polar surface area (TPSA) is 21.6 Å². The molecule has 1 aliphatic rings. The fourth-order valence-electron chi connectivity index (χ4n) is 1.37. The van der Waals surface area contributed by atoms with Crippen LogP contribution in [0, 0.1) is 5.92 Å². The average molecular weight is 229 g/mol. The maximum atomic E-state index is 4.81. The van der Waals surface area contributed by atoms with Gasteiger partial charge in [-0.25, -0.2) is 0 Å². The molecule has 0 aromatic rings. The van der Waals surface area contributed by atoms with E-state index in [1.165, 1.54) is 0 Å². The summed E-state index contributed by atoms with van der Waals surface area (Å²) in [6, 6.07) is 0. The Kier molecular flexibility index (Phi) is 5.80. The SMILES string of the molecule is C=C/C(=C\C=C\OC)N=CC1=CCC(C)C=C1. The van der Waals surface area contributed by atoms with Gasteiger partial charge in [0.15, 0.2) is 0 Å². The minimum absolute atomic E-state index is 0.631. The molecule has 0 saturated carbocycles. The Balaban J connectivity index is 2.63. The molecule has 0 aliphatic heterocycles. The summed E-state index contributed by atoms with van der Waals surface area (Å²) in [5, 5.41) is 0. The molecule has 2 heteroatoms. The molecule has 1 unspecified atom stereocenters. The van der Waals surface area contributed by atoms with Gasteiger partial charge in [-0.15, -0.1) is 0 Å². The number of ether oxygens (including phenoxy) is 1. The van der Waals surface area contributed by atoms with E-state index >= 15 is 0 Å². The van der Waals surface area contributed by atoms with Crippen LogP contribution in [0.15, 0.2) is 65.6 Å². The summed E-state index contributed by atoms with van der Waals surface area (Å²) >= 11 is 0. The maximum absolute atomic E-state index is 4.81. The van der Waals surface area contributed by atoms with Crippen molar-refractivity contribution in [3.63, 3.8) is 0 Å². The second-order valence-electron chi connectivity index (χ2n) is 3.89. The molecular weight excluding hydrogens is 210 g/mol. The highest BCUT2D eigenvalue weighted by atomic mass is 16.5. The zero-order valence-electron chi connectivity index (χ0n) is 10.5. The van der Waals surface area contributed by atoms with Gasteiger partial charge in [0, 0.05) is 6.21 Å². The van der Waals surface area contributed by atoms with Crippen LogP contribution >= 0.6 is 0 Å². The van der Waals surface area contributed by atoms with Crippen LogP contribution in [0.5, 0.6) is 0 Å². The summed E-state index contributed by atoms with van der Waals surface area (Å²) in [5.74, 6) is 0.631. The van der Waals surface area contributed by atoms with Crippen molar-refractivity contribution < 1.29 is 4.74 Å². The van der Waals surface area contributed by atoms with Gasteiger partial charge in [-0.3, -0.25) is 4.99 Å². The van der Waals surface area contributed by atoms with Crippen LogP contribution in [0.25, 0.3) is 0 Å². The zero-order chi connectivity index (χ0) is 12.5. The second-order valence-corrected chi connectivity index (χ2v) is 3.89. The number of hydrogen-bond donors (Lipinski definition) is 0. The summed E-state index contributed by atoms with van der Waals surface area (Å²) < 4.78 is 4.81. The minimum Gasteiger partial charge on any atom is -0.504 e. The molecule has 0 spiro atoms. The number of hydrogen-bond acceptors (Lipinski definition) is 2. The third kappa shape index (κ3) is 5.16. The molecule has 0 fully saturated rings. The van der Waals surface area contributed by atoms with E-state index in [1.807, 2.05) is 12.3 Å². The van der Waals surface area contributed by atoms with Crippen LogP contribution in [0.3, 0.4) is 0 Å².